The van der Waals surface area contributed by atoms with Gasteiger partial charge < -0.3 is 5.73 Å². The van der Waals surface area contributed by atoms with Gasteiger partial charge in [-0.15, -0.1) is 0 Å². The molecule has 2 amide bonds. The molecule has 1 aliphatic rings. The second-order valence-corrected chi connectivity index (χ2v) is 6.30. The lowest BCUT2D eigenvalue weighted by molar-refractivity contribution is -0.129. The molecule has 0 spiro atoms. The van der Waals surface area contributed by atoms with Gasteiger partial charge >= 0.3 is 0 Å². The summed E-state index contributed by atoms with van der Waals surface area (Å²) in [6.07, 6.45) is 5.08. The number of carbonyl (C=O) groups is 2. The molecule has 6 nitrogen and oxygen atoms in total. The van der Waals surface area contributed by atoms with Gasteiger partial charge in [0.1, 0.15) is 5.54 Å². The van der Waals surface area contributed by atoms with E-state index in [1.165, 1.54) is 0 Å². The first-order chi connectivity index (χ1) is 11.6. The number of nitrogens with two attached hydrogens (primary N) is 1. The zero-order chi connectivity index (χ0) is 17.4. The molecule has 24 heavy (non-hydrogen) atoms. The van der Waals surface area contributed by atoms with Crippen LogP contribution in [0.25, 0.3) is 0 Å². The smallest absolute Gasteiger partial charge is 0.243 e. The summed E-state index contributed by atoms with van der Waals surface area (Å²) in [7, 11) is 0. The Hall–Kier alpha value is -1.92. The van der Waals surface area contributed by atoms with E-state index in [-0.39, 0.29) is 12.5 Å². The van der Waals surface area contributed by atoms with Gasteiger partial charge in [0.05, 0.1) is 6.54 Å². The fraction of sp³-hybridized carbons (Fsp3) is 0.556. The Balaban J connectivity index is 2.28. The zero-order valence-electron chi connectivity index (χ0n) is 14.4. The molecule has 1 aromatic rings. The molecular formula is C18H28N4O2. The predicted molar refractivity (Wildman–Crippen MR) is 95.2 cm³/mol. The summed E-state index contributed by atoms with van der Waals surface area (Å²) in [4.78, 5) is 26.9. The maximum atomic E-state index is 12.9. The van der Waals surface area contributed by atoms with Crippen molar-refractivity contribution in [3.05, 3.63) is 30.3 Å². The SMILES string of the molecule is CCCNNCC(=O)N(c1ccccc1)C1(C(N)=O)CCCCC1. The molecule has 0 atom stereocenters. The van der Waals surface area contributed by atoms with Crippen molar-refractivity contribution in [3.8, 4) is 0 Å². The lowest BCUT2D eigenvalue weighted by atomic mass is 9.79. The third-order valence-corrected chi connectivity index (χ3v) is 4.57. The summed E-state index contributed by atoms with van der Waals surface area (Å²) in [5.74, 6) is -0.563. The summed E-state index contributed by atoms with van der Waals surface area (Å²) in [5.41, 5.74) is 11.5. The summed E-state index contributed by atoms with van der Waals surface area (Å²) in [6, 6.07) is 9.35. The first-order valence-electron chi connectivity index (χ1n) is 8.75. The second-order valence-electron chi connectivity index (χ2n) is 6.30. The molecule has 0 radical (unpaired) electrons. The number of rotatable bonds is 8. The van der Waals surface area contributed by atoms with Crippen molar-refractivity contribution in [2.45, 2.75) is 51.0 Å². The standard InChI is InChI=1S/C18H28N4O2/c1-2-13-20-21-14-16(23)22(15-9-5-3-6-10-15)18(17(19)24)11-7-4-8-12-18/h3,5-6,9-10,20-21H,2,4,7-8,11-14H2,1H3,(H2,19,24). The Labute approximate surface area is 143 Å². The number of hydrogen-bond acceptors (Lipinski definition) is 4. The van der Waals surface area contributed by atoms with Crippen LogP contribution in [0, 0.1) is 0 Å². The average Bonchev–Trinajstić information content (AvgIpc) is 2.60. The van der Waals surface area contributed by atoms with Gasteiger partial charge in [0.25, 0.3) is 0 Å². The summed E-state index contributed by atoms with van der Waals surface area (Å²) >= 11 is 0. The Bertz CT molecular complexity index is 541. The molecule has 1 aliphatic carbocycles. The van der Waals surface area contributed by atoms with Crippen LogP contribution in [-0.4, -0.2) is 30.4 Å². The topological polar surface area (TPSA) is 87.5 Å². The van der Waals surface area contributed by atoms with Gasteiger partial charge in [0.2, 0.25) is 11.8 Å². The van der Waals surface area contributed by atoms with E-state index in [9.17, 15) is 9.59 Å². The Morgan fingerprint density at radius 3 is 2.38 bits per heavy atom. The van der Waals surface area contributed by atoms with E-state index in [1.54, 1.807) is 4.90 Å². The van der Waals surface area contributed by atoms with Crippen molar-refractivity contribution in [3.63, 3.8) is 0 Å². The summed E-state index contributed by atoms with van der Waals surface area (Å²) in [6.45, 7) is 2.94. The number of hydrazine groups is 1. The first-order valence-corrected chi connectivity index (χ1v) is 8.75. The maximum Gasteiger partial charge on any atom is 0.243 e. The third kappa shape index (κ3) is 4.13. The van der Waals surface area contributed by atoms with Crippen LogP contribution in [0.2, 0.25) is 0 Å². The van der Waals surface area contributed by atoms with Crippen LogP contribution in [0.1, 0.15) is 45.4 Å². The molecule has 0 unspecified atom stereocenters. The minimum absolute atomic E-state index is 0.115. The molecule has 132 valence electrons. The van der Waals surface area contributed by atoms with Crippen LogP contribution in [0.3, 0.4) is 0 Å². The molecule has 4 N–H and O–H groups in total. The highest BCUT2D eigenvalue weighted by Crippen LogP contribution is 2.36. The van der Waals surface area contributed by atoms with Gasteiger partial charge in [-0.25, -0.2) is 5.43 Å². The molecule has 1 fully saturated rings. The fourth-order valence-corrected chi connectivity index (χ4v) is 3.35. The molecule has 0 aliphatic heterocycles. The molecular weight excluding hydrogens is 304 g/mol. The van der Waals surface area contributed by atoms with Crippen molar-refractivity contribution < 1.29 is 9.59 Å². The van der Waals surface area contributed by atoms with Crippen LogP contribution in [0.5, 0.6) is 0 Å². The summed E-state index contributed by atoms with van der Waals surface area (Å²) < 4.78 is 0. The second kappa shape index (κ2) is 8.80. The zero-order valence-corrected chi connectivity index (χ0v) is 14.4. The number of primary amides is 1. The van der Waals surface area contributed by atoms with E-state index in [0.717, 1.165) is 37.9 Å². The molecule has 1 aromatic carbocycles. The normalized spacial score (nSPS) is 16.5. The van der Waals surface area contributed by atoms with Crippen LogP contribution < -0.4 is 21.5 Å². The predicted octanol–water partition coefficient (Wildman–Crippen LogP) is 1.71. The van der Waals surface area contributed by atoms with Crippen molar-refractivity contribution in [1.82, 2.24) is 10.9 Å². The van der Waals surface area contributed by atoms with E-state index < -0.39 is 11.4 Å². The molecule has 6 heteroatoms. The van der Waals surface area contributed by atoms with Gasteiger partial charge in [0.15, 0.2) is 0 Å². The number of hydrogen-bond donors (Lipinski definition) is 3. The lowest BCUT2D eigenvalue weighted by Crippen LogP contribution is -2.62. The number of anilines is 1. The van der Waals surface area contributed by atoms with E-state index in [1.807, 2.05) is 30.3 Å². The number of amides is 2. The maximum absolute atomic E-state index is 12.9. The van der Waals surface area contributed by atoms with Crippen molar-refractivity contribution in [2.24, 2.45) is 5.73 Å². The van der Waals surface area contributed by atoms with Crippen LogP contribution >= 0.6 is 0 Å². The Morgan fingerprint density at radius 1 is 1.12 bits per heavy atom. The van der Waals surface area contributed by atoms with Crippen molar-refractivity contribution in [2.75, 3.05) is 18.0 Å². The third-order valence-electron chi connectivity index (χ3n) is 4.57. The van der Waals surface area contributed by atoms with Crippen molar-refractivity contribution in [1.29, 1.82) is 0 Å². The molecule has 1 saturated carbocycles. The number of para-hydroxylation sites is 1. The van der Waals surface area contributed by atoms with Gasteiger partial charge in [0, 0.05) is 12.2 Å². The number of nitrogens with zero attached hydrogens (tertiary/aromatic N) is 1. The largest absolute Gasteiger partial charge is 0.368 e. The molecule has 0 heterocycles. The van der Waals surface area contributed by atoms with Gasteiger partial charge in [-0.05, 0) is 31.4 Å². The number of carbonyl (C=O) groups excluding carboxylic acids is 2. The van der Waals surface area contributed by atoms with Crippen molar-refractivity contribution >= 4 is 17.5 Å². The minimum Gasteiger partial charge on any atom is -0.368 e. The van der Waals surface area contributed by atoms with E-state index in [0.29, 0.717) is 12.8 Å². The van der Waals surface area contributed by atoms with E-state index >= 15 is 0 Å². The molecule has 0 bridgehead atoms. The van der Waals surface area contributed by atoms with Crippen LogP contribution in [0.15, 0.2) is 30.3 Å². The highest BCUT2D eigenvalue weighted by Gasteiger charge is 2.46. The average molecular weight is 332 g/mol. The minimum atomic E-state index is -0.927. The molecule has 0 aromatic heterocycles. The van der Waals surface area contributed by atoms with E-state index in [2.05, 4.69) is 17.8 Å². The van der Waals surface area contributed by atoms with Gasteiger partial charge in [-0.1, -0.05) is 44.4 Å². The fourth-order valence-electron chi connectivity index (χ4n) is 3.35. The molecule has 2 rings (SSSR count). The number of nitrogens with one attached hydrogen (secondary N) is 2. The summed E-state index contributed by atoms with van der Waals surface area (Å²) in [5, 5.41) is 0. The Kier molecular flexibility index (Phi) is 6.75. The monoisotopic (exact) mass is 332 g/mol. The van der Waals surface area contributed by atoms with E-state index in [4.69, 9.17) is 5.73 Å². The Morgan fingerprint density at radius 2 is 1.79 bits per heavy atom. The van der Waals surface area contributed by atoms with Gasteiger partial charge in [-0.3, -0.25) is 19.9 Å². The van der Waals surface area contributed by atoms with Crippen LogP contribution in [-0.2, 0) is 9.59 Å². The van der Waals surface area contributed by atoms with Crippen LogP contribution in [0.4, 0.5) is 5.69 Å². The lowest BCUT2D eigenvalue weighted by Gasteiger charge is -2.44. The molecule has 0 saturated heterocycles. The quantitative estimate of drug-likeness (QED) is 0.499. The highest BCUT2D eigenvalue weighted by atomic mass is 16.2. The highest BCUT2D eigenvalue weighted by molar-refractivity contribution is 6.04. The first kappa shape index (κ1) is 18.4. The number of benzene rings is 1. The van der Waals surface area contributed by atoms with Gasteiger partial charge in [-0.2, -0.15) is 0 Å².